The summed E-state index contributed by atoms with van der Waals surface area (Å²) >= 11 is 0. The molecule has 0 atom stereocenters. The molecule has 0 spiro atoms. The fourth-order valence-corrected chi connectivity index (χ4v) is 2.93. The van der Waals surface area contributed by atoms with Crippen LogP contribution in [0.1, 0.15) is 28.8 Å². The van der Waals surface area contributed by atoms with Crippen molar-refractivity contribution in [3.05, 3.63) is 99.5 Å². The van der Waals surface area contributed by atoms with Crippen molar-refractivity contribution >= 4 is 11.6 Å². The summed E-state index contributed by atoms with van der Waals surface area (Å²) in [5, 5.41) is 2.76. The Balaban J connectivity index is 1.66. The van der Waals surface area contributed by atoms with Crippen LogP contribution in [0.25, 0.3) is 0 Å². The molecule has 0 fully saturated rings. The lowest BCUT2D eigenvalue weighted by Gasteiger charge is -2.10. The van der Waals surface area contributed by atoms with Gasteiger partial charge in [-0.3, -0.25) is 9.59 Å². The van der Waals surface area contributed by atoms with E-state index in [1.165, 1.54) is 0 Å². The number of nitrogens with one attached hydrogen (secondary N) is 2. The number of benzene rings is 2. The predicted octanol–water partition coefficient (Wildman–Crippen LogP) is 3.85. The zero-order valence-corrected chi connectivity index (χ0v) is 14.8. The van der Waals surface area contributed by atoms with Crippen molar-refractivity contribution in [2.75, 3.05) is 5.32 Å². The van der Waals surface area contributed by atoms with Crippen LogP contribution in [0.4, 0.5) is 5.69 Å². The first-order valence-electron chi connectivity index (χ1n) is 8.72. The van der Waals surface area contributed by atoms with Gasteiger partial charge in [-0.05, 0) is 36.1 Å². The van der Waals surface area contributed by atoms with Gasteiger partial charge in [0.15, 0.2) is 0 Å². The Labute approximate surface area is 152 Å². The van der Waals surface area contributed by atoms with E-state index in [1.807, 2.05) is 73.7 Å². The van der Waals surface area contributed by atoms with Crippen molar-refractivity contribution < 1.29 is 4.79 Å². The summed E-state index contributed by atoms with van der Waals surface area (Å²) in [5.74, 6) is -0.154. The summed E-state index contributed by atoms with van der Waals surface area (Å²) in [4.78, 5) is 27.5. The fourth-order valence-electron chi connectivity index (χ4n) is 2.93. The Hall–Kier alpha value is -3.14. The van der Waals surface area contributed by atoms with E-state index >= 15 is 0 Å². The van der Waals surface area contributed by atoms with Crippen LogP contribution in [0.5, 0.6) is 0 Å². The van der Waals surface area contributed by atoms with E-state index in [-0.39, 0.29) is 11.5 Å². The van der Waals surface area contributed by atoms with Crippen molar-refractivity contribution in [1.29, 1.82) is 0 Å². The summed E-state index contributed by atoms with van der Waals surface area (Å²) < 4.78 is 0. The quantitative estimate of drug-likeness (QED) is 0.712. The molecule has 4 nitrogen and oxygen atoms in total. The summed E-state index contributed by atoms with van der Waals surface area (Å²) in [6.07, 6.45) is 1.64. The molecule has 3 rings (SSSR count). The number of aromatic amines is 1. The van der Waals surface area contributed by atoms with Crippen LogP contribution < -0.4 is 10.9 Å². The summed E-state index contributed by atoms with van der Waals surface area (Å²) in [7, 11) is 0. The maximum absolute atomic E-state index is 12.4. The molecule has 3 aromatic rings. The van der Waals surface area contributed by atoms with Crippen LogP contribution in [-0.4, -0.2) is 10.9 Å². The summed E-state index contributed by atoms with van der Waals surface area (Å²) in [5.41, 5.74) is 3.91. The fraction of sp³-hybridized carbons (Fsp3) is 0.182. The molecule has 0 aliphatic carbocycles. The van der Waals surface area contributed by atoms with E-state index in [0.29, 0.717) is 24.9 Å². The van der Waals surface area contributed by atoms with E-state index in [1.54, 1.807) is 0 Å². The van der Waals surface area contributed by atoms with E-state index in [2.05, 4.69) is 10.3 Å². The zero-order valence-electron chi connectivity index (χ0n) is 14.8. The Morgan fingerprint density at radius 2 is 1.58 bits per heavy atom. The molecule has 0 radical (unpaired) electrons. The summed E-state index contributed by atoms with van der Waals surface area (Å²) in [6, 6.07) is 21.7. The second-order valence-corrected chi connectivity index (χ2v) is 6.38. The average molecular weight is 346 g/mol. The molecule has 26 heavy (non-hydrogen) atoms. The highest BCUT2D eigenvalue weighted by molar-refractivity contribution is 5.91. The molecule has 132 valence electrons. The Morgan fingerprint density at radius 3 is 2.19 bits per heavy atom. The first-order chi connectivity index (χ1) is 12.6. The third kappa shape index (κ3) is 4.70. The van der Waals surface area contributed by atoms with Gasteiger partial charge in [-0.2, -0.15) is 0 Å². The lowest BCUT2D eigenvalue weighted by molar-refractivity contribution is -0.116. The van der Waals surface area contributed by atoms with E-state index in [9.17, 15) is 9.59 Å². The molecule has 0 unspecified atom stereocenters. The molecule has 2 N–H and O–H groups in total. The van der Waals surface area contributed by atoms with Crippen LogP contribution in [-0.2, 0) is 17.6 Å². The number of hydrogen-bond acceptors (Lipinski definition) is 2. The van der Waals surface area contributed by atoms with Gasteiger partial charge in [-0.1, -0.05) is 60.7 Å². The third-order valence-electron chi connectivity index (χ3n) is 4.27. The number of carbonyl (C=O) groups excluding carboxylic acids is 1. The molecule has 2 aromatic carbocycles. The lowest BCUT2D eigenvalue weighted by Crippen LogP contribution is -2.22. The molecule has 1 heterocycles. The second-order valence-electron chi connectivity index (χ2n) is 6.38. The van der Waals surface area contributed by atoms with Crippen molar-refractivity contribution in [3.63, 3.8) is 0 Å². The number of pyridine rings is 1. The van der Waals surface area contributed by atoms with Crippen LogP contribution in [0, 0.1) is 6.92 Å². The molecule has 0 bridgehead atoms. The molecule has 1 amide bonds. The van der Waals surface area contributed by atoms with E-state index < -0.39 is 0 Å². The van der Waals surface area contributed by atoms with Gasteiger partial charge in [0.25, 0.3) is 5.56 Å². The van der Waals surface area contributed by atoms with Gasteiger partial charge in [0.1, 0.15) is 5.69 Å². The van der Waals surface area contributed by atoms with Crippen LogP contribution in [0.3, 0.4) is 0 Å². The number of carbonyl (C=O) groups is 1. The SMILES string of the molecule is Cc1cc(Cc2ccccc2)[nH]c(=O)c1NC(=O)CCc1ccccc1. The highest BCUT2D eigenvalue weighted by atomic mass is 16.2. The number of aryl methyl sites for hydroxylation is 2. The van der Waals surface area contributed by atoms with E-state index in [4.69, 9.17) is 0 Å². The molecule has 0 aliphatic rings. The smallest absolute Gasteiger partial charge is 0.272 e. The van der Waals surface area contributed by atoms with Crippen LogP contribution in [0.15, 0.2) is 71.5 Å². The number of hydrogen-bond donors (Lipinski definition) is 2. The van der Waals surface area contributed by atoms with Crippen LogP contribution in [0.2, 0.25) is 0 Å². The largest absolute Gasteiger partial charge is 0.324 e. The van der Waals surface area contributed by atoms with Crippen molar-refractivity contribution in [3.8, 4) is 0 Å². The third-order valence-corrected chi connectivity index (χ3v) is 4.27. The topological polar surface area (TPSA) is 62.0 Å². The van der Waals surface area contributed by atoms with Gasteiger partial charge in [0, 0.05) is 18.5 Å². The van der Waals surface area contributed by atoms with Crippen LogP contribution >= 0.6 is 0 Å². The molecule has 1 aromatic heterocycles. The molecule has 4 heteroatoms. The standard InChI is InChI=1S/C22H22N2O2/c1-16-14-19(15-18-10-6-3-7-11-18)23-22(26)21(16)24-20(25)13-12-17-8-4-2-5-9-17/h2-11,14H,12-13,15H2,1H3,(H,23,26)(H,24,25). The maximum atomic E-state index is 12.4. The molecular formula is C22H22N2O2. The minimum Gasteiger partial charge on any atom is -0.324 e. The Kier molecular flexibility index (Phi) is 5.64. The van der Waals surface area contributed by atoms with Gasteiger partial charge in [0.2, 0.25) is 5.91 Å². The number of rotatable bonds is 6. The first kappa shape index (κ1) is 17.7. The Morgan fingerprint density at radius 1 is 0.962 bits per heavy atom. The van der Waals surface area contributed by atoms with E-state index in [0.717, 1.165) is 22.4 Å². The molecular weight excluding hydrogens is 324 g/mol. The van der Waals surface area contributed by atoms with Gasteiger partial charge in [-0.15, -0.1) is 0 Å². The maximum Gasteiger partial charge on any atom is 0.272 e. The summed E-state index contributed by atoms with van der Waals surface area (Å²) in [6.45, 7) is 1.84. The predicted molar refractivity (Wildman–Crippen MR) is 104 cm³/mol. The van der Waals surface area contributed by atoms with Crippen molar-refractivity contribution in [1.82, 2.24) is 4.98 Å². The van der Waals surface area contributed by atoms with Gasteiger partial charge < -0.3 is 10.3 Å². The number of aromatic nitrogens is 1. The minimum atomic E-state index is -0.260. The average Bonchev–Trinajstić information content (AvgIpc) is 2.65. The number of H-pyrrole nitrogens is 1. The number of amides is 1. The zero-order chi connectivity index (χ0) is 18.4. The van der Waals surface area contributed by atoms with Gasteiger partial charge in [-0.25, -0.2) is 0 Å². The highest BCUT2D eigenvalue weighted by Crippen LogP contribution is 2.13. The number of anilines is 1. The molecule has 0 saturated heterocycles. The molecule has 0 saturated carbocycles. The highest BCUT2D eigenvalue weighted by Gasteiger charge is 2.11. The second kappa shape index (κ2) is 8.30. The normalized spacial score (nSPS) is 10.5. The minimum absolute atomic E-state index is 0.154. The molecule has 0 aliphatic heterocycles. The van der Waals surface area contributed by atoms with Gasteiger partial charge >= 0.3 is 0 Å². The van der Waals surface area contributed by atoms with Crippen molar-refractivity contribution in [2.24, 2.45) is 0 Å². The lowest BCUT2D eigenvalue weighted by atomic mass is 10.1. The van der Waals surface area contributed by atoms with Crippen molar-refractivity contribution in [2.45, 2.75) is 26.2 Å². The first-order valence-corrected chi connectivity index (χ1v) is 8.72. The van der Waals surface area contributed by atoms with Gasteiger partial charge in [0.05, 0.1) is 0 Å². The monoisotopic (exact) mass is 346 g/mol. The Bertz CT molecular complexity index is 931.